The molecule has 0 bridgehead atoms. The first-order valence-corrected chi connectivity index (χ1v) is 11.4. The first-order valence-electron chi connectivity index (χ1n) is 11.4. The second kappa shape index (κ2) is 10.8. The van der Waals surface area contributed by atoms with Crippen molar-refractivity contribution in [1.29, 1.82) is 0 Å². The average Bonchev–Trinajstić information content (AvgIpc) is 2.75. The molecule has 14 nitrogen and oxygen atoms in total. The lowest BCUT2D eigenvalue weighted by atomic mass is 9.84. The van der Waals surface area contributed by atoms with E-state index in [-0.39, 0.29) is 13.0 Å². The molecule has 3 fully saturated rings. The third-order valence-electron chi connectivity index (χ3n) is 6.95. The quantitative estimate of drug-likeness (QED) is 0.165. The van der Waals surface area contributed by atoms with E-state index >= 15 is 0 Å². The largest absolute Gasteiger partial charge is 0.391 e. The van der Waals surface area contributed by atoms with Crippen LogP contribution in [0.3, 0.4) is 0 Å². The molecule has 3 rings (SSSR count). The maximum Gasteiger partial charge on any atom is 0.185 e. The molecule has 3 aliphatic rings. The first-order chi connectivity index (χ1) is 15.8. The summed E-state index contributed by atoms with van der Waals surface area (Å²) in [6.07, 6.45) is -12.4. The van der Waals surface area contributed by atoms with Crippen LogP contribution in [0, 0.1) is 0 Å². The molecule has 1 aliphatic carbocycles. The summed E-state index contributed by atoms with van der Waals surface area (Å²) in [5.74, 6) is 0. The zero-order chi connectivity index (χ0) is 25.5. The van der Waals surface area contributed by atoms with Crippen molar-refractivity contribution in [2.45, 2.75) is 111 Å². The maximum absolute atomic E-state index is 11.1. The molecule has 1 saturated carbocycles. The summed E-state index contributed by atoms with van der Waals surface area (Å²) < 4.78 is 22.8. The second-order valence-corrected chi connectivity index (χ2v) is 9.82. The van der Waals surface area contributed by atoms with Crippen molar-refractivity contribution in [2.75, 3.05) is 13.7 Å². The molecule has 2 heterocycles. The van der Waals surface area contributed by atoms with Crippen molar-refractivity contribution in [3.8, 4) is 0 Å². The Morgan fingerprint density at radius 1 is 0.941 bits per heavy atom. The number of rotatable bonds is 6. The summed E-state index contributed by atoms with van der Waals surface area (Å²) in [4.78, 5) is 0. The molecule has 34 heavy (non-hydrogen) atoms. The molecule has 14 heteroatoms. The maximum atomic E-state index is 11.1. The molecular weight excluding hydrogens is 456 g/mol. The molecule has 0 aromatic carbocycles. The molecule has 0 spiro atoms. The Hall–Kier alpha value is -0.560. The van der Waals surface area contributed by atoms with E-state index in [2.05, 4.69) is 5.32 Å². The van der Waals surface area contributed by atoms with Gasteiger partial charge in [-0.05, 0) is 27.3 Å². The summed E-state index contributed by atoms with van der Waals surface area (Å²) in [5, 5.41) is 65.2. The first kappa shape index (κ1) is 28.0. The highest BCUT2D eigenvalue weighted by Gasteiger charge is 2.52. The van der Waals surface area contributed by atoms with Gasteiger partial charge < -0.3 is 72.1 Å². The summed E-state index contributed by atoms with van der Waals surface area (Å²) in [7, 11) is 1.58. The van der Waals surface area contributed by atoms with Crippen molar-refractivity contribution in [1.82, 2.24) is 5.32 Å². The van der Waals surface area contributed by atoms with E-state index in [1.54, 1.807) is 7.05 Å². The third kappa shape index (κ3) is 5.40. The van der Waals surface area contributed by atoms with Gasteiger partial charge in [0.2, 0.25) is 0 Å². The number of aliphatic hydroxyl groups excluding tert-OH is 5. The van der Waals surface area contributed by atoms with Gasteiger partial charge in [-0.3, -0.25) is 0 Å². The Bertz CT molecular complexity index is 675. The summed E-state index contributed by atoms with van der Waals surface area (Å²) in [5.41, 5.74) is 17.0. The fourth-order valence-corrected chi connectivity index (χ4v) is 4.95. The number of nitrogens with one attached hydrogen (secondary N) is 1. The lowest BCUT2D eigenvalue weighted by molar-refractivity contribution is -0.319. The standard InChI is InChI=1S/C20H40N4O10/c1-6(25)14-11(27)10(26)9(23)18(32-14)33-15-7(21)4-8(22)16(12(15)28)34-19-13(29)17(24-3)20(2,30)5-31-19/h6-19,24-30H,4-5,21-23H2,1-3H3/t6-,7-,8+,9+,10+,11-,12-,13+,14-,15+,16-,17+,18+,19+,20-/m0/s1. The van der Waals surface area contributed by atoms with Gasteiger partial charge in [0, 0.05) is 12.1 Å². The van der Waals surface area contributed by atoms with E-state index in [0.29, 0.717) is 0 Å². The Morgan fingerprint density at radius 2 is 1.50 bits per heavy atom. The lowest BCUT2D eigenvalue weighted by Crippen LogP contribution is -2.69. The fraction of sp³-hybridized carbons (Fsp3) is 1.00. The number of hydrogen-bond donors (Lipinski definition) is 10. The number of ether oxygens (including phenoxy) is 4. The Morgan fingerprint density at radius 3 is 2.03 bits per heavy atom. The molecule has 13 N–H and O–H groups in total. The number of aliphatic hydroxyl groups is 6. The Labute approximate surface area is 197 Å². The monoisotopic (exact) mass is 496 g/mol. The minimum atomic E-state index is -1.46. The summed E-state index contributed by atoms with van der Waals surface area (Å²) >= 11 is 0. The molecule has 2 saturated heterocycles. The van der Waals surface area contributed by atoms with E-state index in [9.17, 15) is 30.6 Å². The van der Waals surface area contributed by atoms with E-state index in [1.807, 2.05) is 0 Å². The van der Waals surface area contributed by atoms with Gasteiger partial charge in [0.1, 0.15) is 48.3 Å². The molecule has 200 valence electrons. The summed E-state index contributed by atoms with van der Waals surface area (Å²) in [6.45, 7) is 2.75. The molecular formula is C20H40N4O10. The number of likely N-dealkylation sites (N-methyl/N-ethyl adjacent to an activating group) is 1. The van der Waals surface area contributed by atoms with Gasteiger partial charge in [-0.1, -0.05) is 0 Å². The van der Waals surface area contributed by atoms with Crippen LogP contribution >= 0.6 is 0 Å². The van der Waals surface area contributed by atoms with Crippen LogP contribution in [0.4, 0.5) is 0 Å². The highest BCUT2D eigenvalue weighted by atomic mass is 16.7. The SMILES string of the molecule is CN[C@@H]1[C@@H](O)[C@@H](O[C@@H]2[C@@H](O)[C@H](O[C@H]3O[C@@H]([C@H](C)O)[C@@H](O)[C@H](O)[C@H]3N)[C@@H](N)C[C@H]2N)OC[C@]1(C)O. The Balaban J connectivity index is 1.73. The van der Waals surface area contributed by atoms with Crippen LogP contribution in [-0.2, 0) is 18.9 Å². The van der Waals surface area contributed by atoms with Crippen LogP contribution in [0.25, 0.3) is 0 Å². The van der Waals surface area contributed by atoms with Crippen molar-refractivity contribution < 1.29 is 49.6 Å². The zero-order valence-electron chi connectivity index (χ0n) is 19.5. The molecule has 0 amide bonds. The van der Waals surface area contributed by atoms with Crippen molar-refractivity contribution in [3.05, 3.63) is 0 Å². The van der Waals surface area contributed by atoms with E-state index in [0.717, 1.165) is 0 Å². The number of hydrogen-bond acceptors (Lipinski definition) is 14. The van der Waals surface area contributed by atoms with Crippen LogP contribution in [0.2, 0.25) is 0 Å². The third-order valence-corrected chi connectivity index (χ3v) is 6.95. The van der Waals surface area contributed by atoms with Gasteiger partial charge >= 0.3 is 0 Å². The van der Waals surface area contributed by atoms with Gasteiger partial charge in [0.25, 0.3) is 0 Å². The fourth-order valence-electron chi connectivity index (χ4n) is 4.95. The zero-order valence-corrected chi connectivity index (χ0v) is 19.5. The average molecular weight is 497 g/mol. The van der Waals surface area contributed by atoms with E-state index < -0.39 is 91.2 Å². The van der Waals surface area contributed by atoms with Crippen molar-refractivity contribution in [3.63, 3.8) is 0 Å². The Kier molecular flexibility index (Phi) is 8.92. The van der Waals surface area contributed by atoms with Gasteiger partial charge in [-0.15, -0.1) is 0 Å². The minimum absolute atomic E-state index is 0.135. The van der Waals surface area contributed by atoms with Gasteiger partial charge in [-0.2, -0.15) is 0 Å². The highest BCUT2D eigenvalue weighted by Crippen LogP contribution is 2.32. The van der Waals surface area contributed by atoms with Crippen LogP contribution < -0.4 is 22.5 Å². The van der Waals surface area contributed by atoms with Gasteiger partial charge in [0.15, 0.2) is 12.6 Å². The smallest absolute Gasteiger partial charge is 0.185 e. The minimum Gasteiger partial charge on any atom is -0.391 e. The molecule has 0 aromatic rings. The van der Waals surface area contributed by atoms with Crippen molar-refractivity contribution >= 4 is 0 Å². The predicted molar refractivity (Wildman–Crippen MR) is 116 cm³/mol. The topological polar surface area (TPSA) is 248 Å². The summed E-state index contributed by atoms with van der Waals surface area (Å²) in [6, 6.07) is -3.47. The van der Waals surface area contributed by atoms with E-state index in [4.69, 9.17) is 36.1 Å². The highest BCUT2D eigenvalue weighted by molar-refractivity contribution is 5.02. The van der Waals surface area contributed by atoms with Gasteiger partial charge in [0.05, 0.1) is 24.8 Å². The molecule has 2 aliphatic heterocycles. The molecule has 0 aromatic heterocycles. The second-order valence-electron chi connectivity index (χ2n) is 9.82. The number of nitrogens with two attached hydrogens (primary N) is 3. The van der Waals surface area contributed by atoms with E-state index in [1.165, 1.54) is 13.8 Å². The predicted octanol–water partition coefficient (Wildman–Crippen LogP) is -5.61. The molecule has 0 unspecified atom stereocenters. The van der Waals surface area contributed by atoms with Crippen LogP contribution in [-0.4, -0.2) is 135 Å². The van der Waals surface area contributed by atoms with Crippen LogP contribution in [0.1, 0.15) is 20.3 Å². The molecule has 15 atom stereocenters. The molecule has 0 radical (unpaired) electrons. The van der Waals surface area contributed by atoms with Crippen molar-refractivity contribution in [2.24, 2.45) is 17.2 Å². The van der Waals surface area contributed by atoms with Crippen LogP contribution in [0.15, 0.2) is 0 Å². The normalized spacial score (nSPS) is 53.5. The van der Waals surface area contributed by atoms with Gasteiger partial charge in [-0.25, -0.2) is 0 Å². The lowest BCUT2D eigenvalue weighted by Gasteiger charge is -2.49. The van der Waals surface area contributed by atoms with Crippen LogP contribution in [0.5, 0.6) is 0 Å².